The molecule has 0 fully saturated rings. The molecule has 3 N–H and O–H groups in total. The number of imidazole rings is 1. The fraction of sp³-hybridized carbons (Fsp3) is 0.400. The van der Waals surface area contributed by atoms with Crippen molar-refractivity contribution in [2.45, 2.75) is 13.3 Å². The van der Waals surface area contributed by atoms with Crippen LogP contribution >= 0.6 is 0 Å². The molecule has 0 unspecified atom stereocenters. The molecule has 0 saturated heterocycles. The summed E-state index contributed by atoms with van der Waals surface area (Å²) in [6.07, 6.45) is 0.754. The van der Waals surface area contributed by atoms with Crippen molar-refractivity contribution in [3.8, 4) is 0 Å². The van der Waals surface area contributed by atoms with E-state index >= 15 is 0 Å². The van der Waals surface area contributed by atoms with Crippen LogP contribution in [-0.2, 0) is 11.2 Å². The van der Waals surface area contributed by atoms with Gasteiger partial charge in [-0.1, -0.05) is 0 Å². The maximum absolute atomic E-state index is 5.77. The van der Waals surface area contributed by atoms with E-state index in [1.54, 1.807) is 7.11 Å². The molecule has 0 amide bonds. The van der Waals surface area contributed by atoms with Gasteiger partial charge in [0.15, 0.2) is 5.82 Å². The van der Waals surface area contributed by atoms with Gasteiger partial charge < -0.3 is 15.5 Å². The van der Waals surface area contributed by atoms with Gasteiger partial charge in [-0.15, -0.1) is 0 Å². The molecule has 0 aliphatic carbocycles. The molecule has 0 aliphatic heterocycles. The maximum atomic E-state index is 5.77. The summed E-state index contributed by atoms with van der Waals surface area (Å²) in [6.45, 7) is 2.55. The number of methoxy groups -OCH3 is 1. The smallest absolute Gasteiger partial charge is 0.151 e. The number of aromatic nitrogens is 3. The summed E-state index contributed by atoms with van der Waals surface area (Å²) in [4.78, 5) is 11.7. The molecule has 80 valence electrons. The first-order valence-electron chi connectivity index (χ1n) is 4.81. The molecule has 15 heavy (non-hydrogen) atoms. The minimum Gasteiger partial charge on any atom is -0.384 e. The number of rotatable bonds is 3. The van der Waals surface area contributed by atoms with Gasteiger partial charge >= 0.3 is 0 Å². The van der Waals surface area contributed by atoms with Gasteiger partial charge in [-0.3, -0.25) is 0 Å². The number of anilines is 1. The summed E-state index contributed by atoms with van der Waals surface area (Å²) in [5, 5.41) is 0. The number of hydrogen-bond acceptors (Lipinski definition) is 4. The predicted octanol–water partition coefficient (Wildman–Crippen LogP) is 1.04. The number of H-pyrrole nitrogens is 1. The minimum absolute atomic E-state index is 0.477. The number of nitrogens with zero attached hydrogens (tertiary/aromatic N) is 2. The van der Waals surface area contributed by atoms with Crippen molar-refractivity contribution in [2.75, 3.05) is 19.5 Å². The highest BCUT2D eigenvalue weighted by atomic mass is 16.5. The summed E-state index contributed by atoms with van der Waals surface area (Å²) in [7, 11) is 1.67. The second-order valence-electron chi connectivity index (χ2n) is 3.47. The standard InChI is InChI=1S/C10H14N4O/c1-6-5-7-9(10(11)12-6)14-8(13-7)3-4-15-2/h5H,3-4H2,1-2H3,(H2,11,12)(H,13,14). The van der Waals surface area contributed by atoms with Crippen molar-refractivity contribution in [3.05, 3.63) is 17.6 Å². The van der Waals surface area contributed by atoms with Gasteiger partial charge in [0, 0.05) is 19.2 Å². The molecular formula is C10H14N4O. The third-order valence-corrected chi connectivity index (χ3v) is 2.22. The minimum atomic E-state index is 0.477. The topological polar surface area (TPSA) is 76.8 Å². The first-order chi connectivity index (χ1) is 7.20. The lowest BCUT2D eigenvalue weighted by Crippen LogP contribution is -1.96. The highest BCUT2D eigenvalue weighted by molar-refractivity contribution is 5.85. The maximum Gasteiger partial charge on any atom is 0.151 e. The zero-order chi connectivity index (χ0) is 10.8. The number of aryl methyl sites for hydroxylation is 1. The molecule has 0 saturated carbocycles. The van der Waals surface area contributed by atoms with Crippen LogP contribution in [0.3, 0.4) is 0 Å². The van der Waals surface area contributed by atoms with Gasteiger partial charge in [-0.25, -0.2) is 9.97 Å². The lowest BCUT2D eigenvalue weighted by Gasteiger charge is -1.95. The quantitative estimate of drug-likeness (QED) is 0.786. The SMILES string of the molecule is COCCc1nc2c(N)nc(C)cc2[nH]1. The zero-order valence-electron chi connectivity index (χ0n) is 8.87. The Balaban J connectivity index is 2.41. The Hall–Kier alpha value is -1.62. The number of nitrogens with one attached hydrogen (secondary N) is 1. The Bertz CT molecular complexity index is 477. The second-order valence-corrected chi connectivity index (χ2v) is 3.47. The van der Waals surface area contributed by atoms with E-state index in [1.165, 1.54) is 0 Å². The molecule has 0 spiro atoms. The van der Waals surface area contributed by atoms with E-state index in [0.29, 0.717) is 12.4 Å². The molecule has 0 atom stereocenters. The largest absolute Gasteiger partial charge is 0.384 e. The van der Waals surface area contributed by atoms with E-state index in [-0.39, 0.29) is 0 Å². The molecule has 2 heterocycles. The van der Waals surface area contributed by atoms with Crippen LogP contribution in [0.15, 0.2) is 6.07 Å². The number of nitrogens with two attached hydrogens (primary N) is 1. The monoisotopic (exact) mass is 206 g/mol. The van der Waals surface area contributed by atoms with Crippen LogP contribution in [0.4, 0.5) is 5.82 Å². The van der Waals surface area contributed by atoms with Crippen LogP contribution in [0, 0.1) is 6.92 Å². The van der Waals surface area contributed by atoms with Gasteiger partial charge in [0.05, 0.1) is 12.1 Å². The Morgan fingerprint density at radius 1 is 1.47 bits per heavy atom. The Morgan fingerprint density at radius 2 is 2.27 bits per heavy atom. The van der Waals surface area contributed by atoms with Gasteiger partial charge in [0.25, 0.3) is 0 Å². The van der Waals surface area contributed by atoms with E-state index in [1.807, 2.05) is 13.0 Å². The van der Waals surface area contributed by atoms with Crippen LogP contribution in [0.25, 0.3) is 11.0 Å². The molecule has 2 aromatic rings. The Morgan fingerprint density at radius 3 is 3.00 bits per heavy atom. The number of ether oxygens (including phenoxy) is 1. The molecular weight excluding hydrogens is 192 g/mol. The second kappa shape index (κ2) is 3.86. The average molecular weight is 206 g/mol. The predicted molar refractivity (Wildman–Crippen MR) is 58.6 cm³/mol. The fourth-order valence-corrected chi connectivity index (χ4v) is 1.54. The lowest BCUT2D eigenvalue weighted by atomic mass is 10.3. The summed E-state index contributed by atoms with van der Waals surface area (Å²) in [5.74, 6) is 1.36. The summed E-state index contributed by atoms with van der Waals surface area (Å²) in [6, 6.07) is 1.94. The zero-order valence-corrected chi connectivity index (χ0v) is 8.87. The van der Waals surface area contributed by atoms with E-state index in [4.69, 9.17) is 10.5 Å². The molecule has 0 bridgehead atoms. The summed E-state index contributed by atoms with van der Waals surface area (Å²) >= 11 is 0. The number of nitrogen functional groups attached to an aromatic ring is 1. The van der Waals surface area contributed by atoms with Crippen LogP contribution < -0.4 is 5.73 Å². The van der Waals surface area contributed by atoms with E-state index in [0.717, 1.165) is 29.0 Å². The first-order valence-corrected chi connectivity index (χ1v) is 4.81. The number of aromatic amines is 1. The van der Waals surface area contributed by atoms with Crippen LogP contribution in [0.5, 0.6) is 0 Å². The fourth-order valence-electron chi connectivity index (χ4n) is 1.54. The highest BCUT2D eigenvalue weighted by Gasteiger charge is 2.07. The van der Waals surface area contributed by atoms with Gasteiger partial charge in [0.1, 0.15) is 11.3 Å². The number of fused-ring (bicyclic) bond motifs is 1. The lowest BCUT2D eigenvalue weighted by molar-refractivity contribution is 0.201. The van der Waals surface area contributed by atoms with E-state index in [2.05, 4.69) is 15.0 Å². The van der Waals surface area contributed by atoms with Crippen molar-refractivity contribution in [2.24, 2.45) is 0 Å². The van der Waals surface area contributed by atoms with Gasteiger partial charge in [-0.05, 0) is 13.0 Å². The molecule has 0 aliphatic rings. The number of hydrogen-bond donors (Lipinski definition) is 2. The van der Waals surface area contributed by atoms with E-state index in [9.17, 15) is 0 Å². The average Bonchev–Trinajstić information content (AvgIpc) is 2.57. The van der Waals surface area contributed by atoms with Crippen molar-refractivity contribution < 1.29 is 4.74 Å². The molecule has 0 radical (unpaired) electrons. The molecule has 5 heteroatoms. The Kier molecular flexibility index (Phi) is 2.55. The van der Waals surface area contributed by atoms with Crippen molar-refractivity contribution >= 4 is 16.9 Å². The number of pyridine rings is 1. The summed E-state index contributed by atoms with van der Waals surface area (Å²) in [5.41, 5.74) is 8.34. The normalized spacial score (nSPS) is 11.1. The van der Waals surface area contributed by atoms with Crippen LogP contribution in [0.1, 0.15) is 11.5 Å². The van der Waals surface area contributed by atoms with Gasteiger partial charge in [-0.2, -0.15) is 0 Å². The van der Waals surface area contributed by atoms with Crippen LogP contribution in [0.2, 0.25) is 0 Å². The molecule has 5 nitrogen and oxygen atoms in total. The van der Waals surface area contributed by atoms with Crippen LogP contribution in [-0.4, -0.2) is 28.7 Å². The highest BCUT2D eigenvalue weighted by Crippen LogP contribution is 2.17. The third-order valence-electron chi connectivity index (χ3n) is 2.22. The third kappa shape index (κ3) is 1.92. The van der Waals surface area contributed by atoms with Crippen molar-refractivity contribution in [3.63, 3.8) is 0 Å². The van der Waals surface area contributed by atoms with Crippen molar-refractivity contribution in [1.82, 2.24) is 15.0 Å². The Labute approximate surface area is 87.7 Å². The molecule has 2 aromatic heterocycles. The summed E-state index contributed by atoms with van der Waals surface area (Å²) < 4.78 is 4.99. The van der Waals surface area contributed by atoms with E-state index < -0.39 is 0 Å². The first kappa shape index (κ1) is 9.92. The molecule has 0 aromatic carbocycles. The van der Waals surface area contributed by atoms with Gasteiger partial charge in [0.2, 0.25) is 0 Å². The van der Waals surface area contributed by atoms with Crippen molar-refractivity contribution in [1.29, 1.82) is 0 Å². The molecule has 2 rings (SSSR count).